The summed E-state index contributed by atoms with van der Waals surface area (Å²) in [6.45, 7) is 0.340. The van der Waals surface area contributed by atoms with E-state index in [1.165, 1.54) is 4.90 Å². The first kappa shape index (κ1) is 17.5. The number of hydrogen-bond acceptors (Lipinski definition) is 3. The monoisotopic (exact) mass is 373 g/mol. The number of amides is 1. The van der Waals surface area contributed by atoms with Gasteiger partial charge in [0.15, 0.2) is 0 Å². The average Bonchev–Trinajstić information content (AvgIpc) is 2.74. The number of benzene rings is 2. The summed E-state index contributed by atoms with van der Waals surface area (Å²) in [7, 11) is 3.42. The van der Waals surface area contributed by atoms with Crippen molar-refractivity contribution in [3.8, 4) is 0 Å². The van der Waals surface area contributed by atoms with Gasteiger partial charge in [-0.25, -0.2) is 0 Å². The van der Waals surface area contributed by atoms with E-state index in [-0.39, 0.29) is 5.91 Å². The summed E-state index contributed by atoms with van der Waals surface area (Å²) >= 11 is 12.6. The van der Waals surface area contributed by atoms with Crippen LogP contribution in [0.3, 0.4) is 0 Å². The van der Waals surface area contributed by atoms with E-state index >= 15 is 0 Å². The molecule has 1 N–H and O–H groups in total. The van der Waals surface area contributed by atoms with E-state index in [0.717, 1.165) is 22.5 Å². The van der Waals surface area contributed by atoms with Crippen molar-refractivity contribution in [1.82, 2.24) is 4.90 Å². The number of fused-ring (bicyclic) bond motifs is 1. The van der Waals surface area contributed by atoms with Crippen LogP contribution in [0, 0.1) is 0 Å². The Morgan fingerprint density at radius 2 is 1.92 bits per heavy atom. The average molecular weight is 374 g/mol. The molecule has 4 nitrogen and oxygen atoms in total. The van der Waals surface area contributed by atoms with Crippen molar-refractivity contribution in [3.05, 3.63) is 75.4 Å². The van der Waals surface area contributed by atoms with Crippen LogP contribution in [0.4, 0.5) is 5.69 Å². The molecule has 0 unspecified atom stereocenters. The van der Waals surface area contributed by atoms with Crippen molar-refractivity contribution in [2.24, 2.45) is 4.99 Å². The van der Waals surface area contributed by atoms with Crippen molar-refractivity contribution in [2.45, 2.75) is 0 Å². The fraction of sp³-hybridized carbons (Fsp3) is 0.158. The number of likely N-dealkylation sites (N-methyl/N-ethyl adjacent to an activating group) is 1. The molecule has 0 spiro atoms. The number of benzodiazepines with no additional fused rings is 1. The highest BCUT2D eigenvalue weighted by Gasteiger charge is 2.19. The van der Waals surface area contributed by atoms with Crippen LogP contribution in [-0.4, -0.2) is 37.2 Å². The molecule has 6 heteroatoms. The standard InChI is InChI=1S/C19H17Cl2N3O/c1-24(2)18(25)10-13-11-22-19(14-5-3-4-6-16(14)21)15-9-12(20)7-8-17(15)23-13/h3-10,23H,11H2,1-2H3/b13-10-. The molecule has 0 atom stereocenters. The lowest BCUT2D eigenvalue weighted by Crippen LogP contribution is -2.20. The number of nitrogens with zero attached hydrogens (tertiary/aromatic N) is 2. The Kier molecular flexibility index (Phi) is 5.11. The van der Waals surface area contributed by atoms with Crippen molar-refractivity contribution in [3.63, 3.8) is 0 Å². The second-order valence-corrected chi connectivity index (χ2v) is 6.71. The summed E-state index contributed by atoms with van der Waals surface area (Å²) in [4.78, 5) is 18.2. The Hall–Kier alpha value is -2.30. The molecule has 3 rings (SSSR count). The Bertz CT molecular complexity index is 888. The quantitative estimate of drug-likeness (QED) is 0.800. The molecule has 2 aromatic carbocycles. The maximum atomic E-state index is 12.0. The number of nitrogens with one attached hydrogen (secondary N) is 1. The predicted molar refractivity (Wildman–Crippen MR) is 104 cm³/mol. The van der Waals surface area contributed by atoms with E-state index < -0.39 is 0 Å². The highest BCUT2D eigenvalue weighted by atomic mass is 35.5. The molecule has 1 aliphatic rings. The van der Waals surface area contributed by atoms with Crippen LogP contribution in [-0.2, 0) is 4.79 Å². The Balaban J connectivity index is 2.13. The number of carbonyl (C=O) groups excluding carboxylic acids is 1. The zero-order valence-electron chi connectivity index (χ0n) is 13.9. The van der Waals surface area contributed by atoms with Crippen molar-refractivity contribution >= 4 is 40.5 Å². The first-order valence-electron chi connectivity index (χ1n) is 7.74. The van der Waals surface area contributed by atoms with Gasteiger partial charge in [-0.15, -0.1) is 0 Å². The molecular weight excluding hydrogens is 357 g/mol. The van der Waals surface area contributed by atoms with Crippen molar-refractivity contribution in [1.29, 1.82) is 0 Å². The van der Waals surface area contributed by atoms with Gasteiger partial charge in [-0.2, -0.15) is 0 Å². The van der Waals surface area contributed by atoms with Gasteiger partial charge in [0.05, 0.1) is 12.3 Å². The van der Waals surface area contributed by atoms with Gasteiger partial charge in [0.1, 0.15) is 0 Å². The summed E-state index contributed by atoms with van der Waals surface area (Å²) < 4.78 is 0. The van der Waals surface area contributed by atoms with Crippen LogP contribution in [0.2, 0.25) is 10.0 Å². The van der Waals surface area contributed by atoms with Crippen molar-refractivity contribution < 1.29 is 4.79 Å². The van der Waals surface area contributed by atoms with Crippen LogP contribution in [0.1, 0.15) is 11.1 Å². The second kappa shape index (κ2) is 7.30. The third-order valence-electron chi connectivity index (χ3n) is 3.81. The Labute approximate surface area is 156 Å². The molecule has 2 aromatic rings. The van der Waals surface area contributed by atoms with Crippen LogP contribution < -0.4 is 5.32 Å². The van der Waals surface area contributed by atoms with Crippen molar-refractivity contribution in [2.75, 3.05) is 26.0 Å². The van der Waals surface area contributed by atoms with E-state index in [1.807, 2.05) is 36.4 Å². The normalized spacial score (nSPS) is 15.0. The number of aliphatic imine (C=N–C) groups is 1. The third kappa shape index (κ3) is 3.86. The molecule has 0 aliphatic carbocycles. The first-order valence-corrected chi connectivity index (χ1v) is 8.49. The minimum Gasteiger partial charge on any atom is -0.357 e. The van der Waals surface area contributed by atoms with Gasteiger partial charge in [-0.1, -0.05) is 41.4 Å². The van der Waals surface area contributed by atoms with Crippen LogP contribution in [0.5, 0.6) is 0 Å². The molecular formula is C19H17Cl2N3O. The van der Waals surface area contributed by atoms with E-state index in [0.29, 0.717) is 22.3 Å². The SMILES string of the molecule is CN(C)C(=O)/C=C1/CN=C(c2ccccc2Cl)c2cc(Cl)ccc2N1. The number of halogens is 2. The summed E-state index contributed by atoms with van der Waals surface area (Å²) in [6.07, 6.45) is 1.55. The molecule has 128 valence electrons. The highest BCUT2D eigenvalue weighted by Crippen LogP contribution is 2.30. The number of rotatable bonds is 2. The van der Waals surface area contributed by atoms with E-state index in [9.17, 15) is 4.79 Å². The third-order valence-corrected chi connectivity index (χ3v) is 4.37. The van der Waals surface area contributed by atoms with Gasteiger partial charge >= 0.3 is 0 Å². The van der Waals surface area contributed by atoms with Gasteiger partial charge in [-0.3, -0.25) is 9.79 Å². The van der Waals surface area contributed by atoms with E-state index in [2.05, 4.69) is 5.32 Å². The maximum Gasteiger partial charge on any atom is 0.247 e. The summed E-state index contributed by atoms with van der Waals surface area (Å²) in [6, 6.07) is 13.1. The minimum absolute atomic E-state index is 0.102. The van der Waals surface area contributed by atoms with Crippen LogP contribution >= 0.6 is 23.2 Å². The fourth-order valence-electron chi connectivity index (χ4n) is 2.53. The van der Waals surface area contributed by atoms with Crippen LogP contribution in [0.15, 0.2) is 59.2 Å². The Morgan fingerprint density at radius 1 is 1.16 bits per heavy atom. The molecule has 1 amide bonds. The van der Waals surface area contributed by atoms with E-state index in [1.54, 1.807) is 26.2 Å². The number of anilines is 1. The zero-order valence-corrected chi connectivity index (χ0v) is 15.4. The topological polar surface area (TPSA) is 44.7 Å². The number of carbonyl (C=O) groups is 1. The second-order valence-electron chi connectivity index (χ2n) is 5.86. The lowest BCUT2D eigenvalue weighted by atomic mass is 10.0. The molecule has 25 heavy (non-hydrogen) atoms. The predicted octanol–water partition coefficient (Wildman–Crippen LogP) is 4.23. The minimum atomic E-state index is -0.102. The largest absolute Gasteiger partial charge is 0.357 e. The Morgan fingerprint density at radius 3 is 2.64 bits per heavy atom. The lowest BCUT2D eigenvalue weighted by molar-refractivity contribution is -0.123. The highest BCUT2D eigenvalue weighted by molar-refractivity contribution is 6.36. The molecule has 0 bridgehead atoms. The maximum absolute atomic E-state index is 12.0. The first-order chi connectivity index (χ1) is 12.0. The van der Waals surface area contributed by atoms with E-state index in [4.69, 9.17) is 28.2 Å². The molecule has 0 saturated heterocycles. The van der Waals surface area contributed by atoms with Gasteiger partial charge in [0, 0.05) is 52.7 Å². The molecule has 1 heterocycles. The molecule has 0 fully saturated rings. The molecule has 0 aromatic heterocycles. The smallest absolute Gasteiger partial charge is 0.247 e. The van der Waals surface area contributed by atoms with Crippen LogP contribution in [0.25, 0.3) is 0 Å². The molecule has 1 aliphatic heterocycles. The molecule has 0 saturated carbocycles. The fourth-order valence-corrected chi connectivity index (χ4v) is 2.92. The zero-order chi connectivity index (χ0) is 18.0. The van der Waals surface area contributed by atoms with Gasteiger partial charge < -0.3 is 10.2 Å². The van der Waals surface area contributed by atoms with Gasteiger partial charge in [0.2, 0.25) is 5.91 Å². The van der Waals surface area contributed by atoms with Gasteiger partial charge in [-0.05, 0) is 24.3 Å². The summed E-state index contributed by atoms with van der Waals surface area (Å²) in [5.74, 6) is -0.102. The lowest BCUT2D eigenvalue weighted by Gasteiger charge is -2.13. The summed E-state index contributed by atoms with van der Waals surface area (Å²) in [5, 5.41) is 4.51. The van der Waals surface area contributed by atoms with Gasteiger partial charge in [0.25, 0.3) is 0 Å². The summed E-state index contributed by atoms with van der Waals surface area (Å²) in [5.41, 5.74) is 3.97. The number of hydrogen-bond donors (Lipinski definition) is 1. The molecule has 0 radical (unpaired) electrons.